The molecule has 22 heavy (non-hydrogen) atoms. The number of benzene rings is 2. The van der Waals surface area contributed by atoms with Crippen LogP contribution in [0.15, 0.2) is 54.6 Å². The van der Waals surface area contributed by atoms with Crippen molar-refractivity contribution in [1.82, 2.24) is 10.6 Å². The first-order chi connectivity index (χ1) is 10.7. The molecule has 0 saturated heterocycles. The number of para-hydroxylation sites is 1. The summed E-state index contributed by atoms with van der Waals surface area (Å²) in [6.07, 6.45) is 1.01. The largest absolute Gasteiger partial charge is 0.473 e. The lowest BCUT2D eigenvalue weighted by atomic mass is 10.1. The Hall–Kier alpha value is -2.49. The monoisotopic (exact) mass is 298 g/mol. The first kappa shape index (κ1) is 15.9. The van der Waals surface area contributed by atoms with Crippen LogP contribution in [0.25, 0.3) is 0 Å². The van der Waals surface area contributed by atoms with Crippen molar-refractivity contribution in [3.05, 3.63) is 65.7 Å². The van der Waals surface area contributed by atoms with Crippen LogP contribution in [0.4, 0.5) is 4.79 Å². The van der Waals surface area contributed by atoms with E-state index in [0.717, 1.165) is 17.7 Å². The molecule has 2 aromatic rings. The van der Waals surface area contributed by atoms with Crippen molar-refractivity contribution in [2.45, 2.75) is 26.3 Å². The van der Waals surface area contributed by atoms with Gasteiger partial charge in [-0.15, -0.1) is 0 Å². The molecular formula is C18H22N2O2. The molecule has 0 radical (unpaired) electrons. The number of rotatable bonds is 6. The maximum Gasteiger partial charge on any atom is 0.317 e. The van der Waals surface area contributed by atoms with Gasteiger partial charge in [-0.3, -0.25) is 0 Å². The van der Waals surface area contributed by atoms with E-state index in [9.17, 15) is 4.79 Å². The van der Waals surface area contributed by atoms with E-state index in [1.54, 1.807) is 0 Å². The smallest absolute Gasteiger partial charge is 0.317 e. The highest BCUT2D eigenvalue weighted by atomic mass is 16.5. The maximum atomic E-state index is 11.8. The number of aryl methyl sites for hydroxylation is 1. The number of hydrogen-bond donors (Lipinski definition) is 2. The van der Waals surface area contributed by atoms with Crippen LogP contribution in [0.1, 0.15) is 31.0 Å². The van der Waals surface area contributed by atoms with E-state index >= 15 is 0 Å². The summed E-state index contributed by atoms with van der Waals surface area (Å²) in [6.45, 7) is 4.22. The zero-order valence-electron chi connectivity index (χ0n) is 13.0. The average Bonchev–Trinajstić information content (AvgIpc) is 2.56. The van der Waals surface area contributed by atoms with Gasteiger partial charge in [-0.1, -0.05) is 49.4 Å². The molecule has 0 bridgehead atoms. The summed E-state index contributed by atoms with van der Waals surface area (Å²) in [5, 5.41) is 5.57. The molecule has 0 aliphatic heterocycles. The predicted molar refractivity (Wildman–Crippen MR) is 87.8 cm³/mol. The highest BCUT2D eigenvalue weighted by Crippen LogP contribution is 2.13. The number of carbonyl (C=O) groups excluding carboxylic acids is 1. The van der Waals surface area contributed by atoms with Gasteiger partial charge in [0.15, 0.2) is 6.73 Å². The van der Waals surface area contributed by atoms with Crippen molar-refractivity contribution in [1.29, 1.82) is 0 Å². The van der Waals surface area contributed by atoms with Crippen molar-refractivity contribution in [2.75, 3.05) is 6.73 Å². The lowest BCUT2D eigenvalue weighted by molar-refractivity contribution is 0.221. The third kappa shape index (κ3) is 4.81. The van der Waals surface area contributed by atoms with Gasteiger partial charge < -0.3 is 15.4 Å². The highest BCUT2D eigenvalue weighted by Gasteiger charge is 2.08. The molecule has 116 valence electrons. The van der Waals surface area contributed by atoms with Crippen LogP contribution in [-0.2, 0) is 6.42 Å². The summed E-state index contributed by atoms with van der Waals surface area (Å²) in [5.41, 5.74) is 2.37. The molecule has 0 saturated carbocycles. The molecule has 2 aromatic carbocycles. The summed E-state index contributed by atoms with van der Waals surface area (Å²) < 4.78 is 5.42. The molecular weight excluding hydrogens is 276 g/mol. The van der Waals surface area contributed by atoms with Crippen molar-refractivity contribution < 1.29 is 9.53 Å². The quantitative estimate of drug-likeness (QED) is 0.800. The second-order valence-electron chi connectivity index (χ2n) is 5.07. The molecule has 4 nitrogen and oxygen atoms in total. The second-order valence-corrected chi connectivity index (χ2v) is 5.07. The summed E-state index contributed by atoms with van der Waals surface area (Å²) in [5.74, 6) is 0.728. The van der Waals surface area contributed by atoms with Crippen LogP contribution in [0.5, 0.6) is 5.75 Å². The fraction of sp³-hybridized carbons (Fsp3) is 0.278. The van der Waals surface area contributed by atoms with Crippen LogP contribution in [-0.4, -0.2) is 12.8 Å². The minimum Gasteiger partial charge on any atom is -0.473 e. The lowest BCUT2D eigenvalue weighted by Crippen LogP contribution is -2.38. The van der Waals surface area contributed by atoms with Crippen molar-refractivity contribution in [2.24, 2.45) is 0 Å². The van der Waals surface area contributed by atoms with Gasteiger partial charge in [-0.25, -0.2) is 4.79 Å². The Kier molecular flexibility index (Phi) is 5.83. The highest BCUT2D eigenvalue weighted by molar-refractivity contribution is 5.74. The minimum atomic E-state index is -0.247. The van der Waals surface area contributed by atoms with Crippen LogP contribution in [0.2, 0.25) is 0 Å². The first-order valence-corrected chi connectivity index (χ1v) is 7.50. The van der Waals surface area contributed by atoms with Gasteiger partial charge in [-0.2, -0.15) is 0 Å². The molecule has 0 spiro atoms. The van der Waals surface area contributed by atoms with E-state index in [1.165, 1.54) is 5.56 Å². The molecule has 0 aliphatic carbocycles. The molecule has 2 amide bonds. The second kappa shape index (κ2) is 8.08. The predicted octanol–water partition coefficient (Wildman–Crippen LogP) is 3.65. The molecule has 4 heteroatoms. The SMILES string of the molecule is CCc1ccc(C(C)NC(=O)NCOc2ccccc2)cc1. The summed E-state index contributed by atoms with van der Waals surface area (Å²) in [7, 11) is 0. The number of urea groups is 1. The standard InChI is InChI=1S/C18H22N2O2/c1-3-15-9-11-16(12-10-15)14(2)20-18(21)19-13-22-17-7-5-4-6-8-17/h4-12,14H,3,13H2,1-2H3,(H2,19,20,21). The molecule has 1 atom stereocenters. The van der Waals surface area contributed by atoms with Gasteiger partial charge in [0, 0.05) is 0 Å². The van der Waals surface area contributed by atoms with Crippen LogP contribution in [0.3, 0.4) is 0 Å². The summed E-state index contributed by atoms with van der Waals surface area (Å²) in [4.78, 5) is 11.8. The number of nitrogens with one attached hydrogen (secondary N) is 2. The zero-order chi connectivity index (χ0) is 15.8. The number of amides is 2. The fourth-order valence-electron chi connectivity index (χ4n) is 2.07. The summed E-state index contributed by atoms with van der Waals surface area (Å²) >= 11 is 0. The van der Waals surface area contributed by atoms with E-state index in [-0.39, 0.29) is 18.8 Å². The molecule has 0 fully saturated rings. The number of carbonyl (C=O) groups is 1. The summed E-state index contributed by atoms with van der Waals surface area (Å²) in [6, 6.07) is 17.3. The Balaban J connectivity index is 1.76. The Morgan fingerprint density at radius 1 is 1.09 bits per heavy atom. The Labute approximate surface area is 131 Å². The third-order valence-corrected chi connectivity index (χ3v) is 3.45. The van der Waals surface area contributed by atoms with E-state index < -0.39 is 0 Å². The zero-order valence-corrected chi connectivity index (χ0v) is 13.0. The van der Waals surface area contributed by atoms with Crippen molar-refractivity contribution in [3.8, 4) is 5.75 Å². The number of ether oxygens (including phenoxy) is 1. The van der Waals surface area contributed by atoms with Gasteiger partial charge in [0.05, 0.1) is 6.04 Å². The van der Waals surface area contributed by atoms with Gasteiger partial charge in [0.1, 0.15) is 5.75 Å². The normalized spacial score (nSPS) is 11.5. The fourth-order valence-corrected chi connectivity index (χ4v) is 2.07. The van der Waals surface area contributed by atoms with Gasteiger partial charge in [0.2, 0.25) is 0 Å². The van der Waals surface area contributed by atoms with Crippen LogP contribution in [0, 0.1) is 0 Å². The molecule has 0 aromatic heterocycles. The van der Waals surface area contributed by atoms with E-state index in [4.69, 9.17) is 4.74 Å². The number of hydrogen-bond acceptors (Lipinski definition) is 2. The van der Waals surface area contributed by atoms with Crippen molar-refractivity contribution >= 4 is 6.03 Å². The molecule has 0 aliphatic rings. The Morgan fingerprint density at radius 2 is 1.77 bits per heavy atom. The van der Waals surface area contributed by atoms with Gasteiger partial charge in [0.25, 0.3) is 0 Å². The average molecular weight is 298 g/mol. The first-order valence-electron chi connectivity index (χ1n) is 7.50. The van der Waals surface area contributed by atoms with Crippen molar-refractivity contribution in [3.63, 3.8) is 0 Å². The lowest BCUT2D eigenvalue weighted by Gasteiger charge is -2.15. The Bertz CT molecular complexity index is 582. The third-order valence-electron chi connectivity index (χ3n) is 3.45. The molecule has 2 N–H and O–H groups in total. The molecule has 2 rings (SSSR count). The maximum absolute atomic E-state index is 11.8. The van der Waals surface area contributed by atoms with E-state index in [1.807, 2.05) is 49.4 Å². The van der Waals surface area contributed by atoms with E-state index in [2.05, 4.69) is 29.7 Å². The van der Waals surface area contributed by atoms with Crippen LogP contribution >= 0.6 is 0 Å². The molecule has 1 unspecified atom stereocenters. The molecule has 0 heterocycles. The minimum absolute atomic E-state index is 0.0531. The van der Waals surface area contributed by atoms with Gasteiger partial charge >= 0.3 is 6.03 Å². The Morgan fingerprint density at radius 3 is 2.41 bits per heavy atom. The van der Waals surface area contributed by atoms with Crippen LogP contribution < -0.4 is 15.4 Å². The topological polar surface area (TPSA) is 50.4 Å². The van der Waals surface area contributed by atoms with Gasteiger partial charge in [-0.05, 0) is 36.6 Å². The van der Waals surface area contributed by atoms with E-state index in [0.29, 0.717) is 0 Å².